The number of rotatable bonds is 23. The fraction of sp³-hybridized carbons (Fsp3) is 0.216. The number of ether oxygens (including phenoxy) is 5. The van der Waals surface area contributed by atoms with Gasteiger partial charge in [0.05, 0.1) is 60.5 Å². The zero-order chi connectivity index (χ0) is 104. The molecule has 33 heteroatoms. The lowest BCUT2D eigenvalue weighted by atomic mass is 10.00. The summed E-state index contributed by atoms with van der Waals surface area (Å²) in [6.45, 7) is 13.9. The second kappa shape index (κ2) is 44.7. The summed E-state index contributed by atoms with van der Waals surface area (Å²) in [6, 6.07) is 74.7. The molecule has 28 nitrogen and oxygen atoms in total. The van der Waals surface area contributed by atoms with Crippen LogP contribution in [0.4, 0.5) is 23.4 Å². The molecule has 9 atom stereocenters. The van der Waals surface area contributed by atoms with Crippen molar-refractivity contribution in [1.82, 2.24) is 71.1 Å². The van der Waals surface area contributed by atoms with E-state index in [1.54, 1.807) is 98.0 Å². The first kappa shape index (κ1) is 102. The Labute approximate surface area is 854 Å². The summed E-state index contributed by atoms with van der Waals surface area (Å²) in [7, 11) is -2.68. The number of anilines is 1. The summed E-state index contributed by atoms with van der Waals surface area (Å²) in [4.78, 5) is 113. The summed E-state index contributed by atoms with van der Waals surface area (Å²) in [5.74, 6) is 6.83. The van der Waals surface area contributed by atoms with Crippen molar-refractivity contribution in [2.45, 2.75) is 109 Å². The Kier molecular flexibility index (Phi) is 30.5. The van der Waals surface area contributed by atoms with Gasteiger partial charge in [-0.1, -0.05) is 48.5 Å². The van der Waals surface area contributed by atoms with E-state index in [0.29, 0.717) is 108 Å². The number of carbonyl (C=O) groups is 6. The van der Waals surface area contributed by atoms with Gasteiger partial charge in [-0.05, 0) is 278 Å². The number of halogens is 4. The SMILES string of the molecule is C=S(C)(=O)c1ccc(-c2cc(OCc3ncccc3C(N)=O)c3cccnc3c2)cc1F.CC(=O)Nc1ccc(-c2cc(O[C@H](C)[C@H]3CNC(=O)C3)c3cccnc3c2)cn1.C[C@@H](Oc1cc(-c2ccc(C(F)(F)F)nc2)cc2ncccc12)[C@H]1CNC(=O)C1.C[C@@H](Oc1cc(-c2ccc3ccccc3n2)cc2ncccc12)[C@H]1CNC(=O)C1.Cc1ccc2cc(-c3cc(O[C@H](C)[C@H]4CNC(=O)C4)c4cccnc4c3)ccc2n1. The van der Waals surface area contributed by atoms with E-state index < -0.39 is 33.1 Å². The van der Waals surface area contributed by atoms with Gasteiger partial charge in [-0.25, -0.2) is 14.4 Å². The van der Waals surface area contributed by atoms with E-state index in [1.165, 1.54) is 37.6 Å². The number of carbonyl (C=O) groups excluding carboxylic acids is 6. The molecule has 754 valence electrons. The lowest BCUT2D eigenvalue weighted by Crippen LogP contribution is -2.25. The second-order valence-corrected chi connectivity index (χ2v) is 39.6. The maximum absolute atomic E-state index is 14.6. The highest BCUT2D eigenvalue weighted by Crippen LogP contribution is 2.42. The molecule has 4 saturated heterocycles. The molecule has 0 bridgehead atoms. The summed E-state index contributed by atoms with van der Waals surface area (Å²) in [6.07, 6.45) is 11.4. The number of primary amides is 1. The zero-order valence-corrected chi connectivity index (χ0v) is 83.1. The number of nitrogens with zero attached hydrogens (tertiary/aromatic N) is 10. The quantitative estimate of drug-likeness (QED) is 0.0256. The van der Waals surface area contributed by atoms with Gasteiger partial charge in [0.15, 0.2) is 0 Å². The van der Waals surface area contributed by atoms with Crippen molar-refractivity contribution >= 4 is 133 Å². The summed E-state index contributed by atoms with van der Waals surface area (Å²) in [5, 5.41) is 20.7. The van der Waals surface area contributed by atoms with Crippen LogP contribution in [0.2, 0.25) is 0 Å². The first-order valence-electron chi connectivity index (χ1n) is 48.5. The molecule has 4 aliphatic rings. The van der Waals surface area contributed by atoms with Crippen LogP contribution in [0.1, 0.15) is 87.7 Å². The smallest absolute Gasteiger partial charge is 0.433 e. The van der Waals surface area contributed by atoms with Gasteiger partial charge in [-0.2, -0.15) is 13.2 Å². The fourth-order valence-electron chi connectivity index (χ4n) is 18.2. The first-order chi connectivity index (χ1) is 71.8. The molecule has 18 aromatic rings. The Morgan fingerprint density at radius 1 is 0.423 bits per heavy atom. The van der Waals surface area contributed by atoms with Crippen molar-refractivity contribution in [2.24, 2.45) is 29.4 Å². The lowest BCUT2D eigenvalue weighted by molar-refractivity contribution is -0.141. The van der Waals surface area contributed by atoms with Gasteiger partial charge in [0.25, 0.3) is 5.91 Å². The number of pyridine rings is 10. The first-order valence-corrected chi connectivity index (χ1v) is 50.6. The van der Waals surface area contributed by atoms with Gasteiger partial charge < -0.3 is 56.0 Å². The molecule has 7 N–H and O–H groups in total. The van der Waals surface area contributed by atoms with E-state index in [-0.39, 0.29) is 94.7 Å². The van der Waals surface area contributed by atoms with Crippen LogP contribution in [0, 0.1) is 36.4 Å². The lowest BCUT2D eigenvalue weighted by Gasteiger charge is -2.21. The van der Waals surface area contributed by atoms with E-state index in [4.69, 9.17) is 34.4 Å². The molecule has 0 spiro atoms. The van der Waals surface area contributed by atoms with Crippen LogP contribution in [0.5, 0.6) is 28.7 Å². The molecule has 4 fully saturated rings. The molecule has 1 unspecified atom stereocenters. The third-order valence-electron chi connectivity index (χ3n) is 26.5. The number of amides is 6. The maximum atomic E-state index is 14.6. The average Bonchev–Trinajstić information content (AvgIpc) is 1.48. The largest absolute Gasteiger partial charge is 0.490 e. The van der Waals surface area contributed by atoms with Gasteiger partial charge >= 0.3 is 6.18 Å². The zero-order valence-electron chi connectivity index (χ0n) is 82.3. The van der Waals surface area contributed by atoms with Crippen LogP contribution in [-0.4, -0.2) is 152 Å². The van der Waals surface area contributed by atoms with Crippen LogP contribution in [0.15, 0.2) is 297 Å². The van der Waals surface area contributed by atoms with E-state index in [2.05, 4.69) is 126 Å². The number of alkyl halides is 3. The Morgan fingerprint density at radius 2 is 0.819 bits per heavy atom. The summed E-state index contributed by atoms with van der Waals surface area (Å²) >= 11 is 0. The molecular weight excluding hydrogens is 1920 g/mol. The van der Waals surface area contributed by atoms with Crippen LogP contribution in [0.25, 0.3) is 132 Å². The van der Waals surface area contributed by atoms with E-state index in [1.807, 2.05) is 150 Å². The van der Waals surface area contributed by atoms with Gasteiger partial charge in [0, 0.05) is 198 Å². The Hall–Kier alpha value is -17.4. The Morgan fingerprint density at radius 3 is 1.24 bits per heavy atom. The normalized spacial score (nSPS) is 16.4. The van der Waals surface area contributed by atoms with Crippen molar-refractivity contribution < 1.29 is 74.2 Å². The summed E-state index contributed by atoms with van der Waals surface area (Å²) in [5.41, 5.74) is 20.2. The Bertz CT molecular complexity index is 8280. The van der Waals surface area contributed by atoms with Crippen molar-refractivity contribution in [2.75, 3.05) is 37.8 Å². The molecule has 0 saturated carbocycles. The second-order valence-electron chi connectivity index (χ2n) is 37.2. The highest BCUT2D eigenvalue weighted by Gasteiger charge is 2.35. The van der Waals surface area contributed by atoms with E-state index in [0.717, 1.165) is 128 Å². The third kappa shape index (κ3) is 24.6. The monoisotopic (exact) mass is 2020 g/mol. The van der Waals surface area contributed by atoms with Crippen LogP contribution in [0.3, 0.4) is 0 Å². The highest BCUT2D eigenvalue weighted by molar-refractivity contribution is 7.99. The molecule has 0 aliphatic carbocycles. The minimum absolute atomic E-state index is 0.00144. The van der Waals surface area contributed by atoms with Crippen molar-refractivity contribution in [3.8, 4) is 84.5 Å². The molecule has 10 aromatic heterocycles. The number of hydrogen-bond acceptors (Lipinski definition) is 22. The van der Waals surface area contributed by atoms with Crippen molar-refractivity contribution in [3.05, 3.63) is 321 Å². The summed E-state index contributed by atoms with van der Waals surface area (Å²) < 4.78 is 96.3. The van der Waals surface area contributed by atoms with Gasteiger partial charge in [-0.3, -0.25) is 72.8 Å². The fourth-order valence-corrected chi connectivity index (χ4v) is 19.1. The minimum Gasteiger partial charge on any atom is -0.490 e. The topological polar surface area (TPSA) is 381 Å². The number of aromatic nitrogens is 10. The van der Waals surface area contributed by atoms with Crippen molar-refractivity contribution in [1.29, 1.82) is 0 Å². The van der Waals surface area contributed by atoms with Gasteiger partial charge in [-0.15, -0.1) is 0 Å². The molecule has 22 rings (SSSR count). The van der Waals surface area contributed by atoms with Crippen molar-refractivity contribution in [3.63, 3.8) is 0 Å². The van der Waals surface area contributed by atoms with E-state index >= 15 is 0 Å². The van der Waals surface area contributed by atoms with Crippen LogP contribution in [-0.2, 0) is 46.3 Å². The average molecular weight is 2020 g/mol. The maximum Gasteiger partial charge on any atom is 0.433 e. The molecular formula is C116H104F4N16O12S. The molecule has 8 aromatic carbocycles. The van der Waals surface area contributed by atoms with Crippen LogP contribution >= 0.6 is 0 Å². The predicted octanol–water partition coefficient (Wildman–Crippen LogP) is 20.2. The highest BCUT2D eigenvalue weighted by atomic mass is 32.2. The minimum atomic E-state index is -4.49. The molecule has 0 radical (unpaired) electrons. The number of fused-ring (bicyclic) bond motifs is 7. The van der Waals surface area contributed by atoms with E-state index in [9.17, 15) is 50.5 Å². The number of nitrogens with two attached hydrogens (primary N) is 1. The molecule has 6 amide bonds. The third-order valence-corrected chi connectivity index (χ3v) is 27.7. The number of benzene rings is 8. The van der Waals surface area contributed by atoms with Crippen LogP contribution < -0.4 is 56.0 Å². The molecule has 14 heterocycles. The molecule has 149 heavy (non-hydrogen) atoms. The Balaban J connectivity index is 0.000000122. The standard InChI is InChI=1S/C25H23N3O2.C24H20FN3O3S.C24H21N3O2.C22H22N4O3.C21H18F3N3O2/c1-15-5-6-18-10-17(7-8-22(18)28-15)19-11-23-21(4-3-9-26-23)24(12-19)30-16(2)20-13-25(29)27-14-20;1-32(2,30)23-8-7-15(11-19(23)25)16-12-20-17(5-3-9-27-20)22(13-16)31-14-21-18(24(26)29)6-4-10-28-21;1-15(18-13-24(28)26-14-18)29-23-12-17(11-22-19(23)6-4-10-25-22)21-9-8-16-5-2-3-7-20(16)27-21;1-13(17-10-22(28)25-12-17)29-20-9-16(8-19-18(20)4-3-7-23-19)15-5-6-21(24-11-15)26-14(2)27;1-12(15-9-20(28)27-11-15)29-18-8-14(7-17-16(18)3-2-6-25-17)13-4-5-19(26-10-13)21(22,23)24/h3-12,16,20H,13-14H2,1-2H3,(H,27,29);3-13H,1,14H2,2H3,(H2,26,29);2-12,15,18H,13-14H2,1H3,(H,26,28);3-9,11,13,17H,10,12H2,1-2H3,(H,25,28)(H,24,26,27);2-8,10,12,15H,9,11H2,1H3,(H,27,28)/t16-,20-;;15-,18-;13-,17-;12-,15-/m1.111/s1. The number of aryl methyl sites for hydroxylation is 1. The van der Waals surface area contributed by atoms with Gasteiger partial charge in [0.2, 0.25) is 29.5 Å². The van der Waals surface area contributed by atoms with Gasteiger partial charge in [0.1, 0.15) is 77.1 Å². The predicted molar refractivity (Wildman–Crippen MR) is 567 cm³/mol. The number of para-hydroxylation sites is 1. The number of nitrogens with one attached hydrogen (secondary N) is 5. The number of hydrogen-bond donors (Lipinski definition) is 6. The molecule has 4 aliphatic heterocycles.